The Morgan fingerprint density at radius 3 is 2.52 bits per heavy atom. The Morgan fingerprint density at radius 2 is 1.91 bits per heavy atom. The summed E-state index contributed by atoms with van der Waals surface area (Å²) in [6.45, 7) is 8.92. The molecule has 4 nitrogen and oxygen atoms in total. The van der Waals surface area contributed by atoms with Gasteiger partial charge in [-0.3, -0.25) is 0 Å². The predicted octanol–water partition coefficient (Wildman–Crippen LogP) is 5.01. The minimum Gasteiger partial charge on any atom is -0.380 e. The minimum atomic E-state index is -0.348. The van der Waals surface area contributed by atoms with Crippen molar-refractivity contribution in [1.29, 1.82) is 0 Å². The van der Waals surface area contributed by atoms with Crippen LogP contribution in [0.15, 0.2) is 30.5 Å². The van der Waals surface area contributed by atoms with Gasteiger partial charge in [-0.05, 0) is 39.8 Å². The fraction of sp³-hybridized carbons (Fsp3) is 0.471. The molecule has 1 saturated heterocycles. The molecule has 1 aliphatic rings. The second-order valence-electron chi connectivity index (χ2n) is 6.65. The Bertz CT molecular complexity index is 683. The first-order valence-electron chi connectivity index (χ1n) is 7.56. The van der Waals surface area contributed by atoms with E-state index in [0.717, 1.165) is 16.1 Å². The van der Waals surface area contributed by atoms with E-state index in [9.17, 15) is 0 Å². The van der Waals surface area contributed by atoms with Gasteiger partial charge in [0.1, 0.15) is 0 Å². The highest BCUT2D eigenvalue weighted by Crippen LogP contribution is 2.44. The third kappa shape index (κ3) is 3.53. The zero-order valence-corrected chi connectivity index (χ0v) is 15.3. The number of rotatable bonds is 4. The quantitative estimate of drug-likeness (QED) is 0.839. The summed E-state index contributed by atoms with van der Waals surface area (Å²) in [6, 6.07) is 8.11. The molecule has 2 aromatic rings. The van der Waals surface area contributed by atoms with Crippen LogP contribution in [0.5, 0.6) is 0 Å². The van der Waals surface area contributed by atoms with Crippen molar-refractivity contribution in [2.75, 3.05) is 5.32 Å². The van der Waals surface area contributed by atoms with Gasteiger partial charge in [0.15, 0.2) is 10.8 Å². The molecule has 1 aromatic carbocycles. The van der Waals surface area contributed by atoms with Crippen LogP contribution in [0.1, 0.15) is 44.4 Å². The van der Waals surface area contributed by atoms with Crippen molar-refractivity contribution in [2.45, 2.75) is 51.7 Å². The number of hydrogen-bond acceptors (Lipinski definition) is 5. The molecular formula is C17H21ClN2O2S. The summed E-state index contributed by atoms with van der Waals surface area (Å²) in [4.78, 5) is 5.14. The van der Waals surface area contributed by atoms with Crippen LogP contribution >= 0.6 is 22.9 Å². The molecular weight excluding hydrogens is 332 g/mol. The van der Waals surface area contributed by atoms with E-state index in [1.807, 2.05) is 18.2 Å². The largest absolute Gasteiger partial charge is 0.380 e. The fourth-order valence-electron chi connectivity index (χ4n) is 2.33. The molecule has 0 unspecified atom stereocenters. The van der Waals surface area contributed by atoms with Gasteiger partial charge in [0.25, 0.3) is 0 Å². The number of ether oxygens (including phenoxy) is 2. The molecule has 0 saturated carbocycles. The van der Waals surface area contributed by atoms with Crippen molar-refractivity contribution in [3.8, 4) is 0 Å². The van der Waals surface area contributed by atoms with Gasteiger partial charge in [0.05, 0.1) is 17.7 Å². The average Bonchev–Trinajstić information content (AvgIpc) is 2.98. The van der Waals surface area contributed by atoms with Gasteiger partial charge in [-0.1, -0.05) is 23.7 Å². The van der Waals surface area contributed by atoms with Gasteiger partial charge in [0.2, 0.25) is 0 Å². The number of thiazole rings is 1. The number of benzene rings is 1. The lowest BCUT2D eigenvalue weighted by atomic mass is 9.90. The number of nitrogens with one attached hydrogen (secondary N) is 1. The molecule has 6 heteroatoms. The number of halogens is 1. The average molecular weight is 353 g/mol. The van der Waals surface area contributed by atoms with E-state index in [0.29, 0.717) is 11.0 Å². The Labute approximate surface area is 145 Å². The first-order valence-corrected chi connectivity index (χ1v) is 8.76. The normalized spacial score (nSPS) is 19.9. The molecule has 1 fully saturated rings. The lowest BCUT2D eigenvalue weighted by Crippen LogP contribution is -2.41. The predicted molar refractivity (Wildman–Crippen MR) is 94.0 cm³/mol. The van der Waals surface area contributed by atoms with Gasteiger partial charge in [0, 0.05) is 22.3 Å². The van der Waals surface area contributed by atoms with Crippen LogP contribution < -0.4 is 5.32 Å². The van der Waals surface area contributed by atoms with Crippen LogP contribution in [-0.2, 0) is 16.0 Å². The number of hydrogen-bond donors (Lipinski definition) is 1. The smallest absolute Gasteiger partial charge is 0.185 e. The van der Waals surface area contributed by atoms with Crippen molar-refractivity contribution in [3.63, 3.8) is 0 Å². The highest BCUT2D eigenvalue weighted by molar-refractivity contribution is 7.15. The standard InChI is InChI=1S/C17H21ClN2O2S/c1-16(2)17(3,4)22-14(21-16)11-6-5-7-12(8-11)19-9-13-10-20-15(18)23-13/h5-8,10,14,19H,9H2,1-4H3. The van der Waals surface area contributed by atoms with Crippen molar-refractivity contribution in [1.82, 2.24) is 4.98 Å². The fourth-order valence-corrected chi connectivity index (χ4v) is 3.25. The third-order valence-electron chi connectivity index (χ3n) is 4.40. The molecule has 0 aliphatic carbocycles. The zero-order valence-electron chi connectivity index (χ0n) is 13.7. The Hall–Kier alpha value is -1.14. The molecule has 0 spiro atoms. The van der Waals surface area contributed by atoms with Crippen molar-refractivity contribution in [2.24, 2.45) is 0 Å². The van der Waals surface area contributed by atoms with Gasteiger partial charge < -0.3 is 14.8 Å². The zero-order chi connectivity index (χ0) is 16.7. The number of nitrogens with zero attached hydrogens (tertiary/aromatic N) is 1. The molecule has 23 heavy (non-hydrogen) atoms. The lowest BCUT2D eigenvalue weighted by molar-refractivity contribution is -0.0895. The first-order chi connectivity index (χ1) is 10.8. The Kier molecular flexibility index (Phi) is 4.40. The minimum absolute atomic E-state index is 0.333. The van der Waals surface area contributed by atoms with Crippen LogP contribution in [0.25, 0.3) is 0 Å². The maximum absolute atomic E-state index is 6.10. The van der Waals surface area contributed by atoms with E-state index < -0.39 is 0 Å². The highest BCUT2D eigenvalue weighted by Gasteiger charge is 2.49. The van der Waals surface area contributed by atoms with Crippen LogP contribution in [0.2, 0.25) is 4.47 Å². The molecule has 1 aromatic heterocycles. The van der Waals surface area contributed by atoms with Crippen molar-refractivity contribution in [3.05, 3.63) is 45.4 Å². The van der Waals surface area contributed by atoms with Crippen molar-refractivity contribution >= 4 is 28.6 Å². The summed E-state index contributed by atoms with van der Waals surface area (Å²) < 4.78 is 12.8. The van der Waals surface area contributed by atoms with Crippen LogP contribution in [0.4, 0.5) is 5.69 Å². The van der Waals surface area contributed by atoms with Crippen molar-refractivity contribution < 1.29 is 9.47 Å². The van der Waals surface area contributed by atoms with E-state index in [4.69, 9.17) is 21.1 Å². The van der Waals surface area contributed by atoms with E-state index >= 15 is 0 Å². The van der Waals surface area contributed by atoms with Gasteiger partial charge in [-0.25, -0.2) is 4.98 Å². The van der Waals surface area contributed by atoms with E-state index in [1.165, 1.54) is 11.3 Å². The summed E-state index contributed by atoms with van der Waals surface area (Å²) in [7, 11) is 0. The second kappa shape index (κ2) is 6.06. The SMILES string of the molecule is CC1(C)OC(c2cccc(NCc3cnc(Cl)s3)c2)OC1(C)C. The lowest BCUT2D eigenvalue weighted by Gasteiger charge is -2.30. The molecule has 0 amide bonds. The van der Waals surface area contributed by atoms with Gasteiger partial charge in [-0.2, -0.15) is 0 Å². The van der Waals surface area contributed by atoms with E-state index in [2.05, 4.69) is 44.1 Å². The monoisotopic (exact) mass is 352 g/mol. The molecule has 0 bridgehead atoms. The summed E-state index contributed by atoms with van der Waals surface area (Å²) in [5.41, 5.74) is 1.36. The molecule has 0 atom stereocenters. The Morgan fingerprint density at radius 1 is 1.22 bits per heavy atom. The maximum Gasteiger partial charge on any atom is 0.185 e. The molecule has 0 radical (unpaired) electrons. The number of aromatic nitrogens is 1. The molecule has 2 heterocycles. The molecule has 3 rings (SSSR count). The Balaban J connectivity index is 1.71. The van der Waals surface area contributed by atoms with E-state index in [-0.39, 0.29) is 17.5 Å². The van der Waals surface area contributed by atoms with Gasteiger partial charge in [-0.15, -0.1) is 11.3 Å². The summed E-state index contributed by atoms with van der Waals surface area (Å²) in [5.74, 6) is 0. The second-order valence-corrected chi connectivity index (χ2v) is 8.34. The first kappa shape index (κ1) is 16.7. The number of anilines is 1. The summed E-state index contributed by atoms with van der Waals surface area (Å²) in [6.07, 6.45) is 1.44. The highest BCUT2D eigenvalue weighted by atomic mass is 35.5. The third-order valence-corrected chi connectivity index (χ3v) is 5.52. The van der Waals surface area contributed by atoms with E-state index in [1.54, 1.807) is 6.20 Å². The van der Waals surface area contributed by atoms with Crippen LogP contribution in [0.3, 0.4) is 0 Å². The summed E-state index contributed by atoms with van der Waals surface area (Å²) >= 11 is 7.33. The topological polar surface area (TPSA) is 43.4 Å². The van der Waals surface area contributed by atoms with Crippen LogP contribution in [0, 0.1) is 0 Å². The molecule has 1 aliphatic heterocycles. The maximum atomic E-state index is 6.10. The van der Waals surface area contributed by atoms with Crippen LogP contribution in [-0.4, -0.2) is 16.2 Å². The summed E-state index contributed by atoms with van der Waals surface area (Å²) in [5, 5.41) is 3.38. The van der Waals surface area contributed by atoms with Gasteiger partial charge >= 0.3 is 0 Å². The molecule has 1 N–H and O–H groups in total. The molecule has 124 valence electrons.